The first-order valence-corrected chi connectivity index (χ1v) is 6.91. The van der Waals surface area contributed by atoms with Crippen LogP contribution in [-0.2, 0) is 14.3 Å². The summed E-state index contributed by atoms with van der Waals surface area (Å²) in [6.45, 7) is 4.59. The van der Waals surface area contributed by atoms with Gasteiger partial charge in [-0.2, -0.15) is 11.8 Å². The molecular weight excluding hydrogens is 240 g/mol. The predicted octanol–water partition coefficient (Wildman–Crippen LogP) is 0.00520. The van der Waals surface area contributed by atoms with Gasteiger partial charge in [0.05, 0.1) is 13.2 Å². The fourth-order valence-electron chi connectivity index (χ4n) is 1.61. The van der Waals surface area contributed by atoms with E-state index in [1.54, 1.807) is 11.8 Å². The van der Waals surface area contributed by atoms with Gasteiger partial charge in [-0.3, -0.25) is 4.79 Å². The van der Waals surface area contributed by atoms with Crippen molar-refractivity contribution < 1.29 is 14.3 Å². The Bertz CT molecular complexity index is 278. The van der Waals surface area contributed by atoms with Gasteiger partial charge in [0.1, 0.15) is 6.04 Å². The van der Waals surface area contributed by atoms with Gasteiger partial charge in [0.15, 0.2) is 0 Å². The highest BCUT2D eigenvalue weighted by atomic mass is 32.2. The Kier molecular flexibility index (Phi) is 5.77. The third kappa shape index (κ3) is 4.20. The van der Waals surface area contributed by atoms with Crippen LogP contribution in [0, 0.1) is 5.92 Å². The molecule has 2 unspecified atom stereocenters. The van der Waals surface area contributed by atoms with Gasteiger partial charge in [0.25, 0.3) is 0 Å². The molecule has 0 aromatic heterocycles. The van der Waals surface area contributed by atoms with Crippen molar-refractivity contribution in [3.05, 3.63) is 0 Å². The minimum atomic E-state index is -0.568. The number of thioether (sulfide) groups is 1. The number of esters is 1. The number of methoxy groups -OCH3 is 1. The van der Waals surface area contributed by atoms with Crippen LogP contribution < -0.4 is 10.6 Å². The molecule has 1 saturated heterocycles. The summed E-state index contributed by atoms with van der Waals surface area (Å²) < 4.78 is 4.68. The summed E-state index contributed by atoms with van der Waals surface area (Å²) in [5.74, 6) is 1.27. The van der Waals surface area contributed by atoms with E-state index < -0.39 is 12.0 Å². The molecule has 0 spiro atoms. The zero-order chi connectivity index (χ0) is 12.8. The number of nitrogens with one attached hydrogen (secondary N) is 2. The van der Waals surface area contributed by atoms with Crippen molar-refractivity contribution in [2.24, 2.45) is 5.92 Å². The van der Waals surface area contributed by atoms with Crippen molar-refractivity contribution >= 4 is 23.6 Å². The molecule has 0 aromatic carbocycles. The van der Waals surface area contributed by atoms with E-state index >= 15 is 0 Å². The molecule has 0 radical (unpaired) electrons. The van der Waals surface area contributed by atoms with Crippen LogP contribution in [0.3, 0.4) is 0 Å². The molecule has 1 rings (SSSR count). The fourth-order valence-corrected chi connectivity index (χ4v) is 2.55. The molecular formula is C11H20N2O3S. The Balaban J connectivity index is 2.54. The topological polar surface area (TPSA) is 67.4 Å². The number of hydrogen-bond donors (Lipinski definition) is 2. The predicted molar refractivity (Wildman–Crippen MR) is 67.9 cm³/mol. The average Bonchev–Trinajstić information content (AvgIpc) is 2.35. The molecule has 5 nitrogen and oxygen atoms in total. The Morgan fingerprint density at radius 1 is 1.47 bits per heavy atom. The van der Waals surface area contributed by atoms with Gasteiger partial charge in [-0.1, -0.05) is 13.8 Å². The van der Waals surface area contributed by atoms with E-state index in [9.17, 15) is 9.59 Å². The zero-order valence-electron chi connectivity index (χ0n) is 10.5. The molecule has 0 aromatic rings. The molecule has 1 amide bonds. The lowest BCUT2D eigenvalue weighted by molar-refractivity contribution is -0.146. The van der Waals surface area contributed by atoms with Crippen LogP contribution in [0.15, 0.2) is 0 Å². The second kappa shape index (κ2) is 6.86. The highest BCUT2D eigenvalue weighted by Gasteiger charge is 2.29. The van der Waals surface area contributed by atoms with E-state index in [0.717, 1.165) is 18.1 Å². The first-order chi connectivity index (χ1) is 8.06. The van der Waals surface area contributed by atoms with Gasteiger partial charge < -0.3 is 15.4 Å². The second-order valence-electron chi connectivity index (χ2n) is 4.34. The molecule has 1 heterocycles. The highest BCUT2D eigenvalue weighted by molar-refractivity contribution is 7.99. The van der Waals surface area contributed by atoms with Crippen LogP contribution in [0.4, 0.5) is 0 Å². The van der Waals surface area contributed by atoms with Crippen molar-refractivity contribution in [1.82, 2.24) is 10.6 Å². The molecule has 2 N–H and O–H groups in total. The standard InChI is InChI=1S/C11H20N2O3S/c1-7(2)9(11(15)16-3)13-10(14)8-6-17-5-4-12-8/h7-9,12H,4-6H2,1-3H3,(H,13,14). The van der Waals surface area contributed by atoms with Gasteiger partial charge in [-0.15, -0.1) is 0 Å². The van der Waals surface area contributed by atoms with Crippen molar-refractivity contribution in [2.75, 3.05) is 25.2 Å². The summed E-state index contributed by atoms with van der Waals surface area (Å²) >= 11 is 1.74. The van der Waals surface area contributed by atoms with Crippen LogP contribution >= 0.6 is 11.8 Å². The fraction of sp³-hybridized carbons (Fsp3) is 0.818. The molecule has 17 heavy (non-hydrogen) atoms. The van der Waals surface area contributed by atoms with Crippen LogP contribution in [0.25, 0.3) is 0 Å². The minimum absolute atomic E-state index is 0.0163. The van der Waals surface area contributed by atoms with Gasteiger partial charge in [0.2, 0.25) is 5.91 Å². The molecule has 0 aliphatic carbocycles. The van der Waals surface area contributed by atoms with Crippen molar-refractivity contribution in [1.29, 1.82) is 0 Å². The van der Waals surface area contributed by atoms with E-state index in [4.69, 9.17) is 0 Å². The van der Waals surface area contributed by atoms with Crippen molar-refractivity contribution in [3.8, 4) is 0 Å². The number of carbonyl (C=O) groups excluding carboxylic acids is 2. The summed E-state index contributed by atoms with van der Waals surface area (Å²) in [6.07, 6.45) is 0. The van der Waals surface area contributed by atoms with E-state index in [2.05, 4.69) is 15.4 Å². The number of amides is 1. The van der Waals surface area contributed by atoms with Crippen LogP contribution in [0.2, 0.25) is 0 Å². The zero-order valence-corrected chi connectivity index (χ0v) is 11.3. The maximum Gasteiger partial charge on any atom is 0.328 e. The number of hydrogen-bond acceptors (Lipinski definition) is 5. The highest BCUT2D eigenvalue weighted by Crippen LogP contribution is 2.09. The van der Waals surface area contributed by atoms with E-state index in [-0.39, 0.29) is 17.9 Å². The van der Waals surface area contributed by atoms with Gasteiger partial charge in [0, 0.05) is 18.1 Å². The SMILES string of the molecule is COC(=O)C(NC(=O)C1CSCCN1)C(C)C. The molecule has 0 saturated carbocycles. The first-order valence-electron chi connectivity index (χ1n) is 5.75. The van der Waals surface area contributed by atoms with E-state index in [1.165, 1.54) is 7.11 Å². The minimum Gasteiger partial charge on any atom is -0.467 e. The maximum absolute atomic E-state index is 11.9. The van der Waals surface area contributed by atoms with Crippen LogP contribution in [0.1, 0.15) is 13.8 Å². The maximum atomic E-state index is 11.9. The van der Waals surface area contributed by atoms with Crippen molar-refractivity contribution in [2.45, 2.75) is 25.9 Å². The Morgan fingerprint density at radius 3 is 2.65 bits per heavy atom. The van der Waals surface area contributed by atoms with E-state index in [1.807, 2.05) is 13.8 Å². The molecule has 1 fully saturated rings. The molecule has 0 bridgehead atoms. The van der Waals surface area contributed by atoms with Crippen LogP contribution in [0.5, 0.6) is 0 Å². The monoisotopic (exact) mass is 260 g/mol. The molecule has 6 heteroatoms. The average molecular weight is 260 g/mol. The summed E-state index contributed by atoms with van der Waals surface area (Å²) in [5, 5.41) is 5.88. The van der Waals surface area contributed by atoms with Gasteiger partial charge in [-0.25, -0.2) is 4.79 Å². The number of carbonyl (C=O) groups is 2. The first kappa shape index (κ1) is 14.3. The van der Waals surface area contributed by atoms with Crippen LogP contribution in [-0.4, -0.2) is 49.1 Å². The molecule has 1 aliphatic rings. The summed E-state index contributed by atoms with van der Waals surface area (Å²) in [6, 6.07) is -0.777. The lowest BCUT2D eigenvalue weighted by Gasteiger charge is -2.26. The third-order valence-electron chi connectivity index (χ3n) is 2.66. The summed E-state index contributed by atoms with van der Waals surface area (Å²) in [4.78, 5) is 23.4. The van der Waals surface area contributed by atoms with Gasteiger partial charge in [-0.05, 0) is 5.92 Å². The Labute approximate surface area is 106 Å². The third-order valence-corrected chi connectivity index (χ3v) is 3.72. The number of ether oxygens (including phenoxy) is 1. The molecule has 1 aliphatic heterocycles. The smallest absolute Gasteiger partial charge is 0.328 e. The Hall–Kier alpha value is -0.750. The number of rotatable bonds is 4. The van der Waals surface area contributed by atoms with Gasteiger partial charge >= 0.3 is 5.97 Å². The Morgan fingerprint density at radius 2 is 2.18 bits per heavy atom. The normalized spacial score (nSPS) is 22.0. The molecule has 98 valence electrons. The lowest BCUT2D eigenvalue weighted by Crippen LogP contribution is -2.54. The van der Waals surface area contributed by atoms with Crippen molar-refractivity contribution in [3.63, 3.8) is 0 Å². The van der Waals surface area contributed by atoms with E-state index in [0.29, 0.717) is 0 Å². The quantitative estimate of drug-likeness (QED) is 0.697. The second-order valence-corrected chi connectivity index (χ2v) is 5.48. The summed E-state index contributed by atoms with van der Waals surface area (Å²) in [5.41, 5.74) is 0. The largest absolute Gasteiger partial charge is 0.467 e. The lowest BCUT2D eigenvalue weighted by atomic mass is 10.0. The molecule has 2 atom stereocenters. The summed E-state index contributed by atoms with van der Waals surface area (Å²) in [7, 11) is 1.33.